The predicted molar refractivity (Wildman–Crippen MR) is 109 cm³/mol. The molecule has 0 aliphatic carbocycles. The Morgan fingerprint density at radius 3 is 2.59 bits per heavy atom. The standard InChI is InChI=1S/C20H20FN3O4S/c1-3-11-29(26,27)24-17-10-6-9-16(13(17)2)22-20(25)18-12-19(28-23-18)14-7-4-5-8-15(14)21/h4-10,12,24H,3,11H2,1-2H3,(H,22,25). The summed E-state index contributed by atoms with van der Waals surface area (Å²) in [4.78, 5) is 12.5. The number of nitrogens with zero attached hydrogens (tertiary/aromatic N) is 1. The lowest BCUT2D eigenvalue weighted by Crippen LogP contribution is -2.18. The van der Waals surface area contributed by atoms with E-state index in [0.717, 1.165) is 0 Å². The highest BCUT2D eigenvalue weighted by Crippen LogP contribution is 2.26. The molecule has 0 aliphatic rings. The number of aromatic nitrogens is 1. The van der Waals surface area contributed by atoms with Gasteiger partial charge in [-0.05, 0) is 43.2 Å². The summed E-state index contributed by atoms with van der Waals surface area (Å²) in [6, 6.07) is 12.2. The zero-order valence-corrected chi connectivity index (χ0v) is 16.7. The van der Waals surface area contributed by atoms with Crippen molar-refractivity contribution in [2.75, 3.05) is 15.8 Å². The fraction of sp³-hybridized carbons (Fsp3) is 0.200. The second kappa shape index (κ2) is 8.44. The summed E-state index contributed by atoms with van der Waals surface area (Å²) in [5.74, 6) is -0.918. The summed E-state index contributed by atoms with van der Waals surface area (Å²) in [5, 5.41) is 6.37. The summed E-state index contributed by atoms with van der Waals surface area (Å²) >= 11 is 0. The van der Waals surface area contributed by atoms with Crippen LogP contribution in [0.2, 0.25) is 0 Å². The molecule has 3 rings (SSSR count). The molecule has 0 spiro atoms. The van der Waals surface area contributed by atoms with E-state index in [2.05, 4.69) is 15.2 Å². The quantitative estimate of drug-likeness (QED) is 0.600. The van der Waals surface area contributed by atoms with Gasteiger partial charge < -0.3 is 9.84 Å². The molecule has 0 aliphatic heterocycles. The van der Waals surface area contributed by atoms with Gasteiger partial charge in [0.2, 0.25) is 10.0 Å². The number of rotatable bonds is 7. The Kier molecular flexibility index (Phi) is 5.97. The minimum Gasteiger partial charge on any atom is -0.355 e. The van der Waals surface area contributed by atoms with Gasteiger partial charge in [0.25, 0.3) is 5.91 Å². The zero-order valence-electron chi connectivity index (χ0n) is 15.9. The molecule has 0 radical (unpaired) electrons. The number of benzene rings is 2. The van der Waals surface area contributed by atoms with E-state index in [1.165, 1.54) is 18.2 Å². The van der Waals surface area contributed by atoms with Crippen LogP contribution in [0.5, 0.6) is 0 Å². The molecule has 0 atom stereocenters. The van der Waals surface area contributed by atoms with Gasteiger partial charge in [0.1, 0.15) is 5.82 Å². The SMILES string of the molecule is CCCS(=O)(=O)Nc1cccc(NC(=O)c2cc(-c3ccccc3F)on2)c1C. The molecule has 9 heteroatoms. The lowest BCUT2D eigenvalue weighted by Gasteiger charge is -2.13. The lowest BCUT2D eigenvalue weighted by atomic mass is 10.1. The highest BCUT2D eigenvalue weighted by atomic mass is 32.2. The first kappa shape index (κ1) is 20.5. The fourth-order valence-corrected chi connectivity index (χ4v) is 3.92. The van der Waals surface area contributed by atoms with Crippen LogP contribution in [0.25, 0.3) is 11.3 Å². The van der Waals surface area contributed by atoms with Crippen LogP contribution in [0, 0.1) is 12.7 Å². The van der Waals surface area contributed by atoms with E-state index in [4.69, 9.17) is 4.52 Å². The van der Waals surface area contributed by atoms with Gasteiger partial charge in [-0.3, -0.25) is 9.52 Å². The fourth-order valence-electron chi connectivity index (χ4n) is 2.73. The summed E-state index contributed by atoms with van der Waals surface area (Å²) in [5.41, 5.74) is 1.52. The normalized spacial score (nSPS) is 11.3. The van der Waals surface area contributed by atoms with E-state index in [1.54, 1.807) is 44.2 Å². The summed E-state index contributed by atoms with van der Waals surface area (Å²) in [6.45, 7) is 3.46. The molecular weight excluding hydrogens is 397 g/mol. The second-order valence-electron chi connectivity index (χ2n) is 6.41. The van der Waals surface area contributed by atoms with Crippen molar-refractivity contribution in [3.05, 3.63) is 65.6 Å². The number of halogens is 1. The van der Waals surface area contributed by atoms with Gasteiger partial charge in [-0.25, -0.2) is 12.8 Å². The maximum absolute atomic E-state index is 13.9. The van der Waals surface area contributed by atoms with Gasteiger partial charge in [-0.15, -0.1) is 0 Å². The number of hydrogen-bond acceptors (Lipinski definition) is 5. The third-order valence-corrected chi connectivity index (χ3v) is 5.68. The Labute approximate surface area is 168 Å². The van der Waals surface area contributed by atoms with Gasteiger partial charge in [0.05, 0.1) is 17.0 Å². The number of carbonyl (C=O) groups excluding carboxylic acids is 1. The molecule has 1 amide bonds. The number of amides is 1. The van der Waals surface area contributed by atoms with Crippen LogP contribution in [0.3, 0.4) is 0 Å². The molecule has 2 aromatic carbocycles. The molecular formula is C20H20FN3O4S. The molecule has 0 bridgehead atoms. The Balaban J connectivity index is 1.80. The van der Waals surface area contributed by atoms with Crippen LogP contribution in [-0.2, 0) is 10.0 Å². The number of sulfonamides is 1. The maximum Gasteiger partial charge on any atom is 0.277 e. The average Bonchev–Trinajstić information content (AvgIpc) is 3.15. The van der Waals surface area contributed by atoms with Crippen LogP contribution in [0.15, 0.2) is 53.1 Å². The van der Waals surface area contributed by atoms with Gasteiger partial charge in [-0.2, -0.15) is 0 Å². The minimum absolute atomic E-state index is 0.000782. The largest absolute Gasteiger partial charge is 0.355 e. The van der Waals surface area contributed by atoms with Gasteiger partial charge in [0, 0.05) is 11.8 Å². The van der Waals surface area contributed by atoms with E-state index < -0.39 is 21.7 Å². The smallest absolute Gasteiger partial charge is 0.277 e. The predicted octanol–water partition coefficient (Wildman–Crippen LogP) is 4.19. The molecule has 1 heterocycles. The third kappa shape index (κ3) is 4.80. The van der Waals surface area contributed by atoms with Crippen molar-refractivity contribution >= 4 is 27.3 Å². The summed E-state index contributed by atoms with van der Waals surface area (Å²) in [7, 11) is -3.46. The van der Waals surface area contributed by atoms with Crippen LogP contribution in [-0.4, -0.2) is 25.2 Å². The van der Waals surface area contributed by atoms with Gasteiger partial charge >= 0.3 is 0 Å². The monoisotopic (exact) mass is 417 g/mol. The molecule has 7 nitrogen and oxygen atoms in total. The Morgan fingerprint density at radius 2 is 1.86 bits per heavy atom. The maximum atomic E-state index is 13.9. The van der Waals surface area contributed by atoms with E-state index in [9.17, 15) is 17.6 Å². The molecule has 1 aromatic heterocycles. The zero-order chi connectivity index (χ0) is 21.0. The highest BCUT2D eigenvalue weighted by Gasteiger charge is 2.18. The number of carbonyl (C=O) groups is 1. The molecule has 0 unspecified atom stereocenters. The Morgan fingerprint density at radius 1 is 1.14 bits per heavy atom. The van der Waals surface area contributed by atoms with E-state index >= 15 is 0 Å². The van der Waals surface area contributed by atoms with Gasteiger partial charge in [0.15, 0.2) is 11.5 Å². The van der Waals surface area contributed by atoms with Crippen LogP contribution in [0.4, 0.5) is 15.8 Å². The molecule has 2 N–H and O–H groups in total. The van der Waals surface area contributed by atoms with Crippen molar-refractivity contribution in [1.82, 2.24) is 5.16 Å². The van der Waals surface area contributed by atoms with Crippen molar-refractivity contribution in [3.63, 3.8) is 0 Å². The van der Waals surface area contributed by atoms with Crippen molar-refractivity contribution in [2.24, 2.45) is 0 Å². The van der Waals surface area contributed by atoms with Crippen LogP contribution in [0.1, 0.15) is 29.4 Å². The van der Waals surface area contributed by atoms with Crippen molar-refractivity contribution in [2.45, 2.75) is 20.3 Å². The lowest BCUT2D eigenvalue weighted by molar-refractivity contribution is 0.101. The van der Waals surface area contributed by atoms with Crippen LogP contribution >= 0.6 is 0 Å². The van der Waals surface area contributed by atoms with Crippen LogP contribution < -0.4 is 10.0 Å². The topological polar surface area (TPSA) is 101 Å². The molecule has 0 saturated heterocycles. The minimum atomic E-state index is -3.46. The molecule has 3 aromatic rings. The van der Waals surface area contributed by atoms with E-state index in [0.29, 0.717) is 23.4 Å². The van der Waals surface area contributed by atoms with Crippen molar-refractivity contribution in [1.29, 1.82) is 0 Å². The molecule has 0 saturated carbocycles. The van der Waals surface area contributed by atoms with Gasteiger partial charge in [-0.1, -0.05) is 30.3 Å². The van der Waals surface area contributed by atoms with E-state index in [-0.39, 0.29) is 22.8 Å². The first-order valence-electron chi connectivity index (χ1n) is 8.94. The summed E-state index contributed by atoms with van der Waals surface area (Å²) < 4.78 is 45.5. The molecule has 29 heavy (non-hydrogen) atoms. The number of anilines is 2. The first-order valence-corrected chi connectivity index (χ1v) is 10.6. The average molecular weight is 417 g/mol. The number of nitrogens with one attached hydrogen (secondary N) is 2. The van der Waals surface area contributed by atoms with E-state index in [1.807, 2.05) is 0 Å². The van der Waals surface area contributed by atoms with Crippen molar-refractivity contribution < 1.29 is 22.1 Å². The summed E-state index contributed by atoms with van der Waals surface area (Å²) in [6.07, 6.45) is 0.487. The highest BCUT2D eigenvalue weighted by molar-refractivity contribution is 7.92. The molecule has 152 valence electrons. The Bertz CT molecular complexity index is 1140. The Hall–Kier alpha value is -3.20. The molecule has 0 fully saturated rings. The first-order chi connectivity index (χ1) is 13.8. The second-order valence-corrected chi connectivity index (χ2v) is 8.25. The van der Waals surface area contributed by atoms with Crippen molar-refractivity contribution in [3.8, 4) is 11.3 Å². The third-order valence-electron chi connectivity index (χ3n) is 4.20. The number of hydrogen-bond donors (Lipinski definition) is 2.